The molecule has 2 N–H and O–H groups in total. The van der Waals surface area contributed by atoms with Crippen LogP contribution >= 0.6 is 0 Å². The summed E-state index contributed by atoms with van der Waals surface area (Å²) in [7, 11) is 0. The average Bonchev–Trinajstić information content (AvgIpc) is 3.22. The van der Waals surface area contributed by atoms with Gasteiger partial charge in [-0.2, -0.15) is 0 Å². The van der Waals surface area contributed by atoms with Crippen molar-refractivity contribution >= 4 is 5.82 Å². The first kappa shape index (κ1) is 12.7. The van der Waals surface area contributed by atoms with Gasteiger partial charge in [0.15, 0.2) is 0 Å². The molecule has 104 valence electrons. The van der Waals surface area contributed by atoms with E-state index in [2.05, 4.69) is 22.2 Å². The predicted octanol–water partition coefficient (Wildman–Crippen LogP) is 3.03. The Morgan fingerprint density at radius 3 is 2.95 bits per heavy atom. The molecule has 1 aromatic rings. The summed E-state index contributed by atoms with van der Waals surface area (Å²) in [5.41, 5.74) is -0.0257. The lowest BCUT2D eigenvalue weighted by molar-refractivity contribution is 0.327. The van der Waals surface area contributed by atoms with E-state index in [9.17, 15) is 4.79 Å². The number of aromatic amines is 1. The fourth-order valence-electron chi connectivity index (χ4n) is 3.10. The van der Waals surface area contributed by atoms with E-state index < -0.39 is 0 Å². The van der Waals surface area contributed by atoms with Gasteiger partial charge in [-0.3, -0.25) is 4.79 Å². The molecule has 2 atom stereocenters. The minimum Gasteiger partial charge on any atom is -0.367 e. The van der Waals surface area contributed by atoms with E-state index in [1.165, 1.54) is 32.1 Å². The van der Waals surface area contributed by atoms with Gasteiger partial charge in [0.05, 0.1) is 0 Å². The zero-order valence-corrected chi connectivity index (χ0v) is 11.6. The van der Waals surface area contributed by atoms with Crippen molar-refractivity contribution < 1.29 is 0 Å². The maximum atomic E-state index is 11.7. The second kappa shape index (κ2) is 5.35. The summed E-state index contributed by atoms with van der Waals surface area (Å²) < 4.78 is 0. The van der Waals surface area contributed by atoms with Crippen LogP contribution in [0.3, 0.4) is 0 Å². The van der Waals surface area contributed by atoms with E-state index in [1.807, 2.05) is 0 Å². The highest BCUT2D eigenvalue weighted by atomic mass is 16.1. The summed E-state index contributed by atoms with van der Waals surface area (Å²) >= 11 is 0. The number of rotatable bonds is 4. The fourth-order valence-corrected chi connectivity index (χ4v) is 3.10. The van der Waals surface area contributed by atoms with Gasteiger partial charge in [0, 0.05) is 18.0 Å². The van der Waals surface area contributed by atoms with Crippen LogP contribution in [0.1, 0.15) is 63.6 Å². The second-order valence-electron chi connectivity index (χ2n) is 6.07. The third-order valence-corrected chi connectivity index (χ3v) is 4.44. The summed E-state index contributed by atoms with van der Waals surface area (Å²) in [5, 5.41) is 3.48. The molecule has 2 saturated carbocycles. The lowest BCUT2D eigenvalue weighted by Crippen LogP contribution is -2.28. The van der Waals surface area contributed by atoms with E-state index >= 15 is 0 Å². The van der Waals surface area contributed by atoms with Gasteiger partial charge in [0.25, 0.3) is 5.56 Å². The average molecular weight is 261 g/mol. The largest absolute Gasteiger partial charge is 0.367 e. The lowest BCUT2D eigenvalue weighted by Gasteiger charge is -2.29. The molecule has 19 heavy (non-hydrogen) atoms. The summed E-state index contributed by atoms with van der Waals surface area (Å²) in [6.07, 6.45) is 8.63. The number of hydrogen-bond acceptors (Lipinski definition) is 3. The molecule has 0 spiro atoms. The zero-order valence-electron chi connectivity index (χ0n) is 11.6. The molecule has 0 bridgehead atoms. The number of nitrogens with zero attached hydrogens (tertiary/aromatic N) is 1. The van der Waals surface area contributed by atoms with Gasteiger partial charge >= 0.3 is 0 Å². The Morgan fingerprint density at radius 2 is 2.21 bits per heavy atom. The van der Waals surface area contributed by atoms with Crippen molar-refractivity contribution in [2.24, 2.45) is 5.92 Å². The van der Waals surface area contributed by atoms with Gasteiger partial charge in [-0.25, -0.2) is 4.98 Å². The van der Waals surface area contributed by atoms with Crippen molar-refractivity contribution in [1.29, 1.82) is 0 Å². The van der Waals surface area contributed by atoms with Gasteiger partial charge in [-0.05, 0) is 31.6 Å². The van der Waals surface area contributed by atoms with E-state index in [4.69, 9.17) is 0 Å². The molecule has 0 aliphatic heterocycles. The summed E-state index contributed by atoms with van der Waals surface area (Å²) in [6.45, 7) is 2.27. The molecular weight excluding hydrogens is 238 g/mol. The first-order valence-electron chi connectivity index (χ1n) is 7.62. The van der Waals surface area contributed by atoms with Gasteiger partial charge in [-0.1, -0.05) is 26.2 Å². The molecule has 0 radical (unpaired) electrons. The van der Waals surface area contributed by atoms with Gasteiger partial charge in [-0.15, -0.1) is 0 Å². The van der Waals surface area contributed by atoms with Crippen molar-refractivity contribution in [3.05, 3.63) is 22.2 Å². The highest BCUT2D eigenvalue weighted by Gasteiger charge is 2.27. The summed E-state index contributed by atoms with van der Waals surface area (Å²) in [6, 6.07) is 2.08. The first-order chi connectivity index (χ1) is 9.24. The maximum absolute atomic E-state index is 11.7. The van der Waals surface area contributed by atoms with E-state index in [-0.39, 0.29) is 5.56 Å². The van der Waals surface area contributed by atoms with E-state index in [1.54, 1.807) is 6.07 Å². The Hall–Kier alpha value is -1.32. The summed E-state index contributed by atoms with van der Waals surface area (Å²) in [5.74, 6) is 2.96. The van der Waals surface area contributed by atoms with Crippen molar-refractivity contribution in [2.45, 2.75) is 63.8 Å². The van der Waals surface area contributed by atoms with Crippen molar-refractivity contribution in [2.75, 3.05) is 5.32 Å². The van der Waals surface area contributed by atoms with Crippen LogP contribution in [0.15, 0.2) is 10.9 Å². The Kier molecular flexibility index (Phi) is 3.58. The van der Waals surface area contributed by atoms with Crippen LogP contribution in [0.2, 0.25) is 0 Å². The second-order valence-corrected chi connectivity index (χ2v) is 6.07. The molecule has 2 unspecified atom stereocenters. The molecule has 2 aliphatic carbocycles. The molecular formula is C15H23N3O. The Bertz CT molecular complexity index is 492. The van der Waals surface area contributed by atoms with Gasteiger partial charge in [0.2, 0.25) is 0 Å². The Balaban J connectivity index is 1.70. The highest BCUT2D eigenvalue weighted by Crippen LogP contribution is 2.37. The van der Waals surface area contributed by atoms with Crippen LogP contribution in [0.5, 0.6) is 0 Å². The molecule has 2 aliphatic rings. The normalized spacial score (nSPS) is 27.2. The van der Waals surface area contributed by atoms with E-state index in [0.717, 1.165) is 30.4 Å². The SMILES string of the molecule is CCC1CCCC(Nc2cc(=O)[nH]c(C3CC3)n2)C1. The molecule has 2 fully saturated rings. The fraction of sp³-hybridized carbons (Fsp3) is 0.733. The number of H-pyrrole nitrogens is 1. The molecule has 1 heterocycles. The van der Waals surface area contributed by atoms with Crippen molar-refractivity contribution in [3.63, 3.8) is 0 Å². The van der Waals surface area contributed by atoms with Crippen molar-refractivity contribution in [1.82, 2.24) is 9.97 Å². The number of anilines is 1. The van der Waals surface area contributed by atoms with Crippen molar-refractivity contribution in [3.8, 4) is 0 Å². The highest BCUT2D eigenvalue weighted by molar-refractivity contribution is 5.35. The zero-order chi connectivity index (χ0) is 13.2. The minimum absolute atomic E-state index is 0.0257. The Labute approximate surface area is 114 Å². The van der Waals surface area contributed by atoms with Crippen LogP contribution in [0.4, 0.5) is 5.82 Å². The molecule has 4 heteroatoms. The predicted molar refractivity (Wildman–Crippen MR) is 76.5 cm³/mol. The Morgan fingerprint density at radius 1 is 1.37 bits per heavy atom. The number of hydrogen-bond donors (Lipinski definition) is 2. The number of aromatic nitrogens is 2. The number of nitrogens with one attached hydrogen (secondary N) is 2. The summed E-state index contributed by atoms with van der Waals surface area (Å²) in [4.78, 5) is 19.1. The smallest absolute Gasteiger partial charge is 0.252 e. The quantitative estimate of drug-likeness (QED) is 0.876. The monoisotopic (exact) mass is 261 g/mol. The standard InChI is InChI=1S/C15H23N3O/c1-2-10-4-3-5-12(8-10)16-13-9-14(19)18-15(17-13)11-6-7-11/h9-12H,2-8H2,1H3,(H2,16,17,18,19). The maximum Gasteiger partial charge on any atom is 0.252 e. The third-order valence-electron chi connectivity index (χ3n) is 4.44. The van der Waals surface area contributed by atoms with Gasteiger partial charge < -0.3 is 10.3 Å². The van der Waals surface area contributed by atoms with Gasteiger partial charge in [0.1, 0.15) is 11.6 Å². The van der Waals surface area contributed by atoms with E-state index in [0.29, 0.717) is 12.0 Å². The van der Waals surface area contributed by atoms with Crippen LogP contribution in [-0.4, -0.2) is 16.0 Å². The van der Waals surface area contributed by atoms with Crippen LogP contribution in [0, 0.1) is 5.92 Å². The van der Waals surface area contributed by atoms with Crippen LogP contribution in [-0.2, 0) is 0 Å². The minimum atomic E-state index is -0.0257. The molecule has 0 aromatic carbocycles. The molecule has 4 nitrogen and oxygen atoms in total. The third kappa shape index (κ3) is 3.17. The topological polar surface area (TPSA) is 57.8 Å². The van der Waals surface area contributed by atoms with Crippen LogP contribution in [0.25, 0.3) is 0 Å². The van der Waals surface area contributed by atoms with Crippen LogP contribution < -0.4 is 10.9 Å². The molecule has 0 amide bonds. The first-order valence-corrected chi connectivity index (χ1v) is 7.62. The molecule has 0 saturated heterocycles. The lowest BCUT2D eigenvalue weighted by atomic mass is 9.84. The molecule has 3 rings (SSSR count). The molecule has 1 aromatic heterocycles.